The van der Waals surface area contributed by atoms with Gasteiger partial charge in [0.25, 0.3) is 0 Å². The Morgan fingerprint density at radius 1 is 1.53 bits per heavy atom. The first-order valence-corrected chi connectivity index (χ1v) is 6.00. The zero-order valence-corrected chi connectivity index (χ0v) is 10.3. The summed E-state index contributed by atoms with van der Waals surface area (Å²) in [4.78, 5) is 13.7. The van der Waals surface area contributed by atoms with Crippen LogP contribution >= 0.6 is 0 Å². The van der Waals surface area contributed by atoms with Gasteiger partial charge in [-0.05, 0) is 18.4 Å². The van der Waals surface area contributed by atoms with Crippen LogP contribution in [0.15, 0.2) is 5.11 Å². The van der Waals surface area contributed by atoms with Gasteiger partial charge in [0.2, 0.25) is 0 Å². The van der Waals surface area contributed by atoms with Crippen molar-refractivity contribution < 1.29 is 14.3 Å². The summed E-state index contributed by atoms with van der Waals surface area (Å²) >= 11 is 0. The maximum atomic E-state index is 10.9. The van der Waals surface area contributed by atoms with E-state index < -0.39 is 0 Å². The minimum absolute atomic E-state index is 0.0291. The van der Waals surface area contributed by atoms with E-state index in [1.165, 1.54) is 6.92 Å². The Kier molecular flexibility index (Phi) is 5.80. The highest BCUT2D eigenvalue weighted by molar-refractivity contribution is 5.66. The highest BCUT2D eigenvalue weighted by Crippen LogP contribution is 2.28. The Morgan fingerprint density at radius 2 is 2.29 bits per heavy atom. The predicted octanol–water partition coefficient (Wildman–Crippen LogP) is 2.58. The molecule has 1 fully saturated rings. The molecule has 1 saturated carbocycles. The van der Waals surface area contributed by atoms with Gasteiger partial charge in [0.15, 0.2) is 0 Å². The van der Waals surface area contributed by atoms with Crippen LogP contribution in [-0.2, 0) is 14.3 Å². The minimum atomic E-state index is -0.345. The van der Waals surface area contributed by atoms with Gasteiger partial charge in [0.05, 0.1) is 12.1 Å². The molecule has 0 saturated heterocycles. The number of unbranched alkanes of at least 4 members (excludes halogenated alkanes) is 1. The molecular weight excluding hydrogens is 222 g/mol. The second-order valence-electron chi connectivity index (χ2n) is 4.24. The van der Waals surface area contributed by atoms with Gasteiger partial charge in [0.1, 0.15) is 6.10 Å². The van der Waals surface area contributed by atoms with Gasteiger partial charge in [-0.15, -0.1) is 0 Å². The van der Waals surface area contributed by atoms with Crippen molar-refractivity contribution in [3.63, 3.8) is 0 Å². The zero-order valence-electron chi connectivity index (χ0n) is 10.3. The number of carbonyl (C=O) groups excluding carboxylic acids is 1. The quantitative estimate of drug-likeness (QED) is 0.235. The molecule has 0 heterocycles. The van der Waals surface area contributed by atoms with Gasteiger partial charge in [-0.3, -0.25) is 4.79 Å². The van der Waals surface area contributed by atoms with Gasteiger partial charge in [-0.25, -0.2) is 0 Å². The average Bonchev–Trinajstić information content (AvgIpc) is 2.61. The van der Waals surface area contributed by atoms with Crippen molar-refractivity contribution in [3.05, 3.63) is 10.4 Å². The predicted molar refractivity (Wildman–Crippen MR) is 62.4 cm³/mol. The number of azide groups is 1. The van der Waals surface area contributed by atoms with Gasteiger partial charge in [0, 0.05) is 24.9 Å². The van der Waals surface area contributed by atoms with Crippen LogP contribution in [0.25, 0.3) is 10.4 Å². The van der Waals surface area contributed by atoms with E-state index in [2.05, 4.69) is 16.9 Å². The van der Waals surface area contributed by atoms with E-state index in [1.54, 1.807) is 0 Å². The molecule has 1 aliphatic carbocycles. The Hall–Kier alpha value is -1.26. The van der Waals surface area contributed by atoms with Crippen molar-refractivity contribution in [3.8, 4) is 0 Å². The van der Waals surface area contributed by atoms with Crippen molar-refractivity contribution in [2.75, 3.05) is 6.61 Å². The smallest absolute Gasteiger partial charge is 0.302 e. The van der Waals surface area contributed by atoms with Gasteiger partial charge >= 0.3 is 5.97 Å². The number of nitrogens with zero attached hydrogens (tertiary/aromatic N) is 3. The van der Waals surface area contributed by atoms with Crippen molar-refractivity contribution >= 4 is 5.97 Å². The van der Waals surface area contributed by atoms with Gasteiger partial charge in [-0.2, -0.15) is 0 Å². The van der Waals surface area contributed by atoms with Crippen LogP contribution in [-0.4, -0.2) is 30.8 Å². The normalized spacial score (nSPS) is 27.5. The molecule has 0 N–H and O–H groups in total. The maximum Gasteiger partial charge on any atom is 0.302 e. The summed E-state index contributed by atoms with van der Waals surface area (Å²) in [6, 6.07) is -0.296. The number of hydrogen-bond donors (Lipinski definition) is 0. The molecule has 1 rings (SSSR count). The monoisotopic (exact) mass is 241 g/mol. The minimum Gasteiger partial charge on any atom is -0.462 e. The summed E-state index contributed by atoms with van der Waals surface area (Å²) in [6.45, 7) is 4.16. The lowest BCUT2D eigenvalue weighted by molar-refractivity contribution is -0.146. The lowest BCUT2D eigenvalue weighted by atomic mass is 10.2. The first-order valence-electron chi connectivity index (χ1n) is 6.00. The third-order valence-corrected chi connectivity index (χ3v) is 2.80. The van der Waals surface area contributed by atoms with Gasteiger partial charge in [-0.1, -0.05) is 18.5 Å². The van der Waals surface area contributed by atoms with Crippen LogP contribution < -0.4 is 0 Å². The molecule has 0 amide bonds. The first kappa shape index (κ1) is 13.8. The van der Waals surface area contributed by atoms with Crippen LogP contribution in [0.4, 0.5) is 0 Å². The molecule has 1 aliphatic rings. The standard InChI is InChI=1S/C11H19N3O3/c1-3-4-5-16-9-6-10(13-14-12)11(7-9)17-8(2)15/h9-11H,3-7H2,1-2H3/t9?,10-,11-/m0/s1. The van der Waals surface area contributed by atoms with Crippen LogP contribution in [0.3, 0.4) is 0 Å². The second-order valence-corrected chi connectivity index (χ2v) is 4.24. The molecule has 17 heavy (non-hydrogen) atoms. The highest BCUT2D eigenvalue weighted by Gasteiger charge is 2.36. The molecule has 0 radical (unpaired) electrons. The topological polar surface area (TPSA) is 84.3 Å². The Bertz CT molecular complexity index is 302. The van der Waals surface area contributed by atoms with Gasteiger partial charge < -0.3 is 9.47 Å². The fraction of sp³-hybridized carbons (Fsp3) is 0.909. The Morgan fingerprint density at radius 3 is 2.88 bits per heavy atom. The Labute approximate surface area is 101 Å². The van der Waals surface area contributed by atoms with Crippen LogP contribution in [0.2, 0.25) is 0 Å². The van der Waals surface area contributed by atoms with E-state index in [0.717, 1.165) is 12.8 Å². The zero-order chi connectivity index (χ0) is 12.7. The number of ether oxygens (including phenoxy) is 2. The molecule has 96 valence electrons. The molecule has 0 aromatic carbocycles. The second kappa shape index (κ2) is 7.14. The number of rotatable bonds is 6. The van der Waals surface area contributed by atoms with Crippen LogP contribution in [0, 0.1) is 0 Å². The van der Waals surface area contributed by atoms with Crippen LogP contribution in [0.5, 0.6) is 0 Å². The van der Waals surface area contributed by atoms with E-state index in [9.17, 15) is 4.79 Å². The number of hydrogen-bond acceptors (Lipinski definition) is 4. The SMILES string of the molecule is CCCCOC1C[C@H](N=[N+]=[N-])[C@@H](OC(C)=O)C1. The third-order valence-electron chi connectivity index (χ3n) is 2.80. The molecule has 6 nitrogen and oxygen atoms in total. The van der Waals surface area contributed by atoms with Crippen molar-refractivity contribution in [1.82, 2.24) is 0 Å². The summed E-state index contributed by atoms with van der Waals surface area (Å²) in [5.41, 5.74) is 8.46. The van der Waals surface area contributed by atoms with Crippen molar-refractivity contribution in [1.29, 1.82) is 0 Å². The molecule has 0 spiro atoms. The summed E-state index contributed by atoms with van der Waals surface area (Å²) in [6.07, 6.45) is 3.04. The summed E-state index contributed by atoms with van der Waals surface area (Å²) in [5, 5.41) is 3.66. The average molecular weight is 241 g/mol. The molecule has 6 heteroatoms. The largest absolute Gasteiger partial charge is 0.462 e. The number of carbonyl (C=O) groups is 1. The molecule has 1 unspecified atom stereocenters. The highest BCUT2D eigenvalue weighted by atomic mass is 16.5. The van der Waals surface area contributed by atoms with Crippen LogP contribution in [0.1, 0.15) is 39.5 Å². The fourth-order valence-corrected chi connectivity index (χ4v) is 1.99. The van der Waals surface area contributed by atoms with E-state index in [-0.39, 0.29) is 24.2 Å². The number of esters is 1. The molecular formula is C11H19N3O3. The van der Waals surface area contributed by atoms with Crippen molar-refractivity contribution in [2.45, 2.75) is 57.8 Å². The molecule has 0 aromatic heterocycles. The lowest BCUT2D eigenvalue weighted by Crippen LogP contribution is -2.23. The fourth-order valence-electron chi connectivity index (χ4n) is 1.99. The van der Waals surface area contributed by atoms with E-state index >= 15 is 0 Å². The van der Waals surface area contributed by atoms with E-state index in [4.69, 9.17) is 15.0 Å². The maximum absolute atomic E-state index is 10.9. The third kappa shape index (κ3) is 4.63. The molecule has 3 atom stereocenters. The molecule has 0 aliphatic heterocycles. The summed E-state index contributed by atoms with van der Waals surface area (Å²) in [5.74, 6) is -0.345. The summed E-state index contributed by atoms with van der Waals surface area (Å²) < 4.78 is 10.8. The lowest BCUT2D eigenvalue weighted by Gasteiger charge is -2.14. The van der Waals surface area contributed by atoms with E-state index in [1.807, 2.05) is 0 Å². The summed E-state index contributed by atoms with van der Waals surface area (Å²) in [7, 11) is 0. The van der Waals surface area contributed by atoms with Crippen molar-refractivity contribution in [2.24, 2.45) is 5.11 Å². The first-order chi connectivity index (χ1) is 8.17. The molecule has 0 bridgehead atoms. The molecule has 0 aromatic rings. The Balaban J connectivity index is 2.46. The van der Waals surface area contributed by atoms with E-state index in [0.29, 0.717) is 19.4 Å².